The van der Waals surface area contributed by atoms with Gasteiger partial charge in [-0.3, -0.25) is 4.79 Å². The van der Waals surface area contributed by atoms with Crippen molar-refractivity contribution in [1.29, 1.82) is 0 Å². The molecule has 27 heavy (non-hydrogen) atoms. The Hall–Kier alpha value is -2.02. The van der Waals surface area contributed by atoms with E-state index in [1.165, 1.54) is 32.1 Å². The molecule has 7 heteroatoms. The lowest BCUT2D eigenvalue weighted by Gasteiger charge is -2.39. The Morgan fingerprint density at radius 1 is 1.00 bits per heavy atom. The van der Waals surface area contributed by atoms with Crippen molar-refractivity contribution in [3.05, 3.63) is 24.3 Å². The summed E-state index contributed by atoms with van der Waals surface area (Å²) in [5.74, 6) is 1.33. The number of fused-ring (bicyclic) bond motifs is 1. The van der Waals surface area contributed by atoms with Crippen molar-refractivity contribution in [1.82, 2.24) is 15.1 Å². The van der Waals surface area contributed by atoms with Gasteiger partial charge in [-0.05, 0) is 37.2 Å². The van der Waals surface area contributed by atoms with Crippen LogP contribution in [0.1, 0.15) is 32.1 Å². The monoisotopic (exact) mass is 389 g/mol. The lowest BCUT2D eigenvalue weighted by atomic mass is 9.96. The van der Waals surface area contributed by atoms with Crippen molar-refractivity contribution in [2.45, 2.75) is 44.2 Å². The molecule has 1 atom stereocenters. The number of thiocarbonyl (C=S) groups is 1. The Kier molecular flexibility index (Phi) is 5.66. The van der Waals surface area contributed by atoms with Gasteiger partial charge in [-0.25, -0.2) is 0 Å². The van der Waals surface area contributed by atoms with E-state index in [4.69, 9.17) is 21.7 Å². The number of amides is 1. The first kappa shape index (κ1) is 18.3. The maximum absolute atomic E-state index is 12.8. The fourth-order valence-corrected chi connectivity index (χ4v) is 4.34. The standard InChI is InChI=1S/C20H27N3O3S/c24-19(18-14-25-16-8-4-5-9-17(16)26-18)22-10-12-23(13-11-22)20(27)21-15-6-2-1-3-7-15/h4-5,8-9,15,18H,1-3,6-7,10-14H2,(H,21,27)/t18-/m0/s1. The highest BCUT2D eigenvalue weighted by atomic mass is 32.1. The predicted octanol–water partition coefficient (Wildman–Crippen LogP) is 2.18. The molecule has 6 nitrogen and oxygen atoms in total. The van der Waals surface area contributed by atoms with Gasteiger partial charge in [0.05, 0.1) is 0 Å². The van der Waals surface area contributed by atoms with Crippen LogP contribution in [0.25, 0.3) is 0 Å². The van der Waals surface area contributed by atoms with Crippen LogP contribution in [-0.4, -0.2) is 65.8 Å². The zero-order valence-corrected chi connectivity index (χ0v) is 16.4. The minimum atomic E-state index is -0.571. The average molecular weight is 390 g/mol. The first-order valence-corrected chi connectivity index (χ1v) is 10.3. The molecule has 1 saturated heterocycles. The zero-order valence-electron chi connectivity index (χ0n) is 15.6. The van der Waals surface area contributed by atoms with Gasteiger partial charge in [-0.2, -0.15) is 0 Å². The zero-order chi connectivity index (χ0) is 18.6. The Bertz CT molecular complexity index is 685. The molecule has 4 rings (SSSR count). The van der Waals surface area contributed by atoms with Crippen molar-refractivity contribution in [3.8, 4) is 11.5 Å². The van der Waals surface area contributed by atoms with E-state index < -0.39 is 6.10 Å². The van der Waals surface area contributed by atoms with Crippen LogP contribution in [0, 0.1) is 0 Å². The van der Waals surface area contributed by atoms with Gasteiger partial charge in [0.15, 0.2) is 16.6 Å². The Morgan fingerprint density at radius 2 is 1.67 bits per heavy atom. The predicted molar refractivity (Wildman–Crippen MR) is 107 cm³/mol. The molecule has 3 aliphatic rings. The second-order valence-corrected chi connectivity index (χ2v) is 7.85. The SMILES string of the molecule is O=C([C@@H]1COc2ccccc2O1)N1CCN(C(=S)NC2CCCCC2)CC1. The van der Waals surface area contributed by atoms with Gasteiger partial charge in [0.2, 0.25) is 6.10 Å². The largest absolute Gasteiger partial charge is 0.485 e. The second kappa shape index (κ2) is 8.33. The fourth-order valence-electron chi connectivity index (χ4n) is 3.99. The van der Waals surface area contributed by atoms with Gasteiger partial charge in [0, 0.05) is 32.2 Å². The summed E-state index contributed by atoms with van der Waals surface area (Å²) in [7, 11) is 0. The van der Waals surface area contributed by atoms with Crippen LogP contribution in [0.3, 0.4) is 0 Å². The number of benzene rings is 1. The number of ether oxygens (including phenoxy) is 2. The minimum absolute atomic E-state index is 0.00434. The van der Waals surface area contributed by atoms with Crippen LogP contribution in [0.5, 0.6) is 11.5 Å². The molecule has 1 aromatic rings. The Labute approximate surface area is 165 Å². The van der Waals surface area contributed by atoms with Gasteiger partial charge in [0.1, 0.15) is 6.61 Å². The van der Waals surface area contributed by atoms with E-state index >= 15 is 0 Å². The second-order valence-electron chi connectivity index (χ2n) is 7.46. The number of para-hydroxylation sites is 2. The average Bonchev–Trinajstić information content (AvgIpc) is 2.73. The normalized spacial score (nSPS) is 23.0. The molecule has 2 fully saturated rings. The summed E-state index contributed by atoms with van der Waals surface area (Å²) < 4.78 is 11.5. The van der Waals surface area contributed by atoms with Gasteiger partial charge < -0.3 is 24.6 Å². The van der Waals surface area contributed by atoms with Crippen LogP contribution in [0.15, 0.2) is 24.3 Å². The van der Waals surface area contributed by atoms with Crippen molar-refractivity contribution in [2.75, 3.05) is 32.8 Å². The molecule has 1 aromatic carbocycles. The van der Waals surface area contributed by atoms with E-state index in [1.54, 1.807) is 0 Å². The van der Waals surface area contributed by atoms with Crippen LogP contribution in [0.2, 0.25) is 0 Å². The number of carbonyl (C=O) groups is 1. The van der Waals surface area contributed by atoms with Crippen LogP contribution in [-0.2, 0) is 4.79 Å². The molecule has 0 aromatic heterocycles. The van der Waals surface area contributed by atoms with Crippen LogP contribution in [0.4, 0.5) is 0 Å². The molecule has 1 N–H and O–H groups in total. The summed E-state index contributed by atoms with van der Waals surface area (Å²) in [6, 6.07) is 7.98. The smallest absolute Gasteiger partial charge is 0.267 e. The van der Waals surface area contributed by atoms with E-state index in [1.807, 2.05) is 29.2 Å². The molecule has 146 valence electrons. The van der Waals surface area contributed by atoms with Crippen LogP contribution < -0.4 is 14.8 Å². The maximum Gasteiger partial charge on any atom is 0.267 e. The molecule has 0 unspecified atom stereocenters. The van der Waals surface area contributed by atoms with Crippen molar-refractivity contribution in [3.63, 3.8) is 0 Å². The number of hydrogen-bond acceptors (Lipinski definition) is 4. The molecular formula is C20H27N3O3S. The third-order valence-corrected chi connectivity index (χ3v) is 5.97. The van der Waals surface area contributed by atoms with E-state index in [-0.39, 0.29) is 12.5 Å². The third-order valence-electron chi connectivity index (χ3n) is 5.60. The summed E-state index contributed by atoms with van der Waals surface area (Å²) in [4.78, 5) is 16.9. The van der Waals surface area contributed by atoms with E-state index in [0.717, 1.165) is 18.2 Å². The minimum Gasteiger partial charge on any atom is -0.485 e. The lowest BCUT2D eigenvalue weighted by molar-refractivity contribution is -0.142. The fraction of sp³-hybridized carbons (Fsp3) is 0.600. The van der Waals surface area contributed by atoms with Gasteiger partial charge in [-0.1, -0.05) is 31.4 Å². The topological polar surface area (TPSA) is 54.0 Å². The highest BCUT2D eigenvalue weighted by Gasteiger charge is 2.33. The Balaban J connectivity index is 1.26. The molecule has 0 spiro atoms. The Morgan fingerprint density at radius 3 is 2.41 bits per heavy atom. The molecular weight excluding hydrogens is 362 g/mol. The van der Waals surface area contributed by atoms with Crippen molar-refractivity contribution < 1.29 is 14.3 Å². The quantitative estimate of drug-likeness (QED) is 0.783. The first-order valence-electron chi connectivity index (χ1n) is 9.93. The van der Waals surface area contributed by atoms with E-state index in [0.29, 0.717) is 30.6 Å². The highest BCUT2D eigenvalue weighted by Crippen LogP contribution is 2.31. The third kappa shape index (κ3) is 4.29. The molecule has 0 radical (unpaired) electrons. The summed E-state index contributed by atoms with van der Waals surface area (Å²) >= 11 is 5.59. The number of nitrogens with one attached hydrogen (secondary N) is 1. The number of piperazine rings is 1. The van der Waals surface area contributed by atoms with Gasteiger partial charge in [0.25, 0.3) is 5.91 Å². The molecule has 1 aliphatic carbocycles. The van der Waals surface area contributed by atoms with E-state index in [9.17, 15) is 4.79 Å². The number of nitrogens with zero attached hydrogens (tertiary/aromatic N) is 2. The number of rotatable bonds is 2. The van der Waals surface area contributed by atoms with Gasteiger partial charge >= 0.3 is 0 Å². The summed E-state index contributed by atoms with van der Waals surface area (Å²) in [6.07, 6.45) is 5.75. The van der Waals surface area contributed by atoms with E-state index in [2.05, 4.69) is 10.2 Å². The highest BCUT2D eigenvalue weighted by molar-refractivity contribution is 7.80. The molecule has 1 amide bonds. The van der Waals surface area contributed by atoms with Crippen molar-refractivity contribution >= 4 is 23.2 Å². The summed E-state index contributed by atoms with van der Waals surface area (Å²) in [6.45, 7) is 3.10. The number of carbonyl (C=O) groups excluding carboxylic acids is 1. The molecule has 2 heterocycles. The maximum atomic E-state index is 12.8. The molecule has 0 bridgehead atoms. The number of hydrogen-bond donors (Lipinski definition) is 1. The molecule has 1 saturated carbocycles. The van der Waals surface area contributed by atoms with Crippen LogP contribution >= 0.6 is 12.2 Å². The molecule has 2 aliphatic heterocycles. The summed E-state index contributed by atoms with van der Waals surface area (Å²) in [5, 5.41) is 4.35. The summed E-state index contributed by atoms with van der Waals surface area (Å²) in [5.41, 5.74) is 0. The lowest BCUT2D eigenvalue weighted by Crippen LogP contribution is -2.57. The van der Waals surface area contributed by atoms with Gasteiger partial charge in [-0.15, -0.1) is 0 Å². The first-order chi connectivity index (χ1) is 13.2. The van der Waals surface area contributed by atoms with Crippen molar-refractivity contribution in [2.24, 2.45) is 0 Å².